The molecule has 0 bridgehead atoms. The minimum atomic E-state index is -4.41. The average molecular weight is 487 g/mol. The van der Waals surface area contributed by atoms with Crippen LogP contribution in [0.5, 0.6) is 11.5 Å². The number of amidine groups is 1. The van der Waals surface area contributed by atoms with Gasteiger partial charge in [-0.05, 0) is 23.3 Å². The van der Waals surface area contributed by atoms with Crippen molar-refractivity contribution in [1.82, 2.24) is 10.2 Å². The van der Waals surface area contributed by atoms with Gasteiger partial charge in [-0.25, -0.2) is 0 Å². The SMILES string of the molecule is N=C(N)c1ccc(C2NC(CS(=O)(=O)O)C3C(=O)N(Cc4ccc5c(c4)OCO5)C(=O)C23)cc1. The highest BCUT2D eigenvalue weighted by Crippen LogP contribution is 2.45. The van der Waals surface area contributed by atoms with Crippen LogP contribution in [-0.2, 0) is 26.3 Å². The average Bonchev–Trinajstić information content (AvgIpc) is 3.45. The maximum atomic E-state index is 13.4. The summed E-state index contributed by atoms with van der Waals surface area (Å²) in [6.45, 7) is 0.0908. The number of rotatable bonds is 6. The van der Waals surface area contributed by atoms with Crippen molar-refractivity contribution in [2.75, 3.05) is 12.5 Å². The van der Waals surface area contributed by atoms with E-state index in [1.165, 1.54) is 0 Å². The van der Waals surface area contributed by atoms with Gasteiger partial charge in [-0.15, -0.1) is 0 Å². The first kappa shape index (κ1) is 22.3. The standard InChI is InChI=1S/C22H22N4O7S/c23-20(24)13-4-2-12(3-5-13)19-18-17(14(25-19)9-34(29,30)31)21(27)26(22(18)28)8-11-1-6-15-16(7-11)33-10-32-15/h1-7,14,17-19,25H,8-10H2,(H3,23,24)(H,29,30,31). The van der Waals surface area contributed by atoms with Crippen LogP contribution in [0.25, 0.3) is 0 Å². The maximum absolute atomic E-state index is 13.4. The third-order valence-corrected chi connectivity index (χ3v) is 7.20. The van der Waals surface area contributed by atoms with Gasteiger partial charge in [0.2, 0.25) is 18.6 Å². The number of hydrogen-bond acceptors (Lipinski definition) is 8. The summed E-state index contributed by atoms with van der Waals surface area (Å²) in [7, 11) is -4.41. The zero-order valence-electron chi connectivity index (χ0n) is 17.8. The summed E-state index contributed by atoms with van der Waals surface area (Å²) in [6.07, 6.45) is 0. The van der Waals surface area contributed by atoms with E-state index in [4.69, 9.17) is 20.6 Å². The zero-order chi connectivity index (χ0) is 24.2. The normalized spacial score (nSPS) is 25.6. The lowest BCUT2D eigenvalue weighted by atomic mass is 9.86. The molecule has 2 amide bonds. The molecular formula is C22H22N4O7S. The number of nitrogens with zero attached hydrogens (tertiary/aromatic N) is 1. The third-order valence-electron chi connectivity index (χ3n) is 6.42. The Kier molecular flexibility index (Phi) is 5.30. The fraction of sp³-hybridized carbons (Fsp3) is 0.318. The lowest BCUT2D eigenvalue weighted by molar-refractivity contribution is -0.141. The van der Waals surface area contributed by atoms with Crippen LogP contribution in [0.4, 0.5) is 0 Å². The summed E-state index contributed by atoms with van der Waals surface area (Å²) in [5.74, 6) is -2.47. The Hall–Kier alpha value is -3.48. The lowest BCUT2D eigenvalue weighted by Gasteiger charge is -2.22. The Labute approximate surface area is 195 Å². The minimum Gasteiger partial charge on any atom is -0.454 e. The molecule has 2 aromatic rings. The van der Waals surface area contributed by atoms with Crippen LogP contribution in [0, 0.1) is 17.2 Å². The van der Waals surface area contributed by atoms with Gasteiger partial charge in [0, 0.05) is 17.6 Å². The van der Waals surface area contributed by atoms with E-state index >= 15 is 0 Å². The molecule has 0 radical (unpaired) electrons. The van der Waals surface area contributed by atoms with Gasteiger partial charge in [0.05, 0.1) is 24.1 Å². The van der Waals surface area contributed by atoms with Crippen molar-refractivity contribution < 1.29 is 32.0 Å². The van der Waals surface area contributed by atoms with E-state index in [1.54, 1.807) is 42.5 Å². The summed E-state index contributed by atoms with van der Waals surface area (Å²) >= 11 is 0. The van der Waals surface area contributed by atoms with Crippen LogP contribution in [-0.4, -0.2) is 54.1 Å². The molecule has 4 atom stereocenters. The van der Waals surface area contributed by atoms with Crippen molar-refractivity contribution in [3.05, 3.63) is 59.2 Å². The largest absolute Gasteiger partial charge is 0.454 e. The highest BCUT2D eigenvalue weighted by Gasteiger charge is 2.59. The number of hydrogen-bond donors (Lipinski definition) is 4. The van der Waals surface area contributed by atoms with Gasteiger partial charge >= 0.3 is 0 Å². The van der Waals surface area contributed by atoms with Crippen LogP contribution in [0.1, 0.15) is 22.7 Å². The fourth-order valence-electron chi connectivity index (χ4n) is 4.92. The smallest absolute Gasteiger partial charge is 0.266 e. The second-order valence-electron chi connectivity index (χ2n) is 8.54. The number of nitrogen functional groups attached to an aromatic ring is 1. The molecular weight excluding hydrogens is 464 g/mol. The summed E-state index contributed by atoms with van der Waals surface area (Å²) in [5, 5.41) is 10.6. The van der Waals surface area contributed by atoms with Gasteiger partial charge in [0.1, 0.15) is 5.84 Å². The zero-order valence-corrected chi connectivity index (χ0v) is 18.6. The molecule has 3 aliphatic rings. The van der Waals surface area contributed by atoms with Crippen molar-refractivity contribution in [2.24, 2.45) is 17.6 Å². The third kappa shape index (κ3) is 3.89. The first-order chi connectivity index (χ1) is 16.1. The van der Waals surface area contributed by atoms with E-state index in [9.17, 15) is 22.6 Å². The van der Waals surface area contributed by atoms with Gasteiger partial charge in [0.25, 0.3) is 10.1 Å². The first-order valence-electron chi connectivity index (χ1n) is 10.5. The Morgan fingerprint density at radius 2 is 1.76 bits per heavy atom. The van der Waals surface area contributed by atoms with Crippen molar-refractivity contribution in [3.63, 3.8) is 0 Å². The van der Waals surface area contributed by atoms with E-state index in [0.29, 0.717) is 28.2 Å². The molecule has 0 saturated carbocycles. The molecule has 12 heteroatoms. The molecule has 0 aromatic heterocycles. The number of carbonyl (C=O) groups excluding carboxylic acids is 2. The number of imide groups is 1. The number of ether oxygens (including phenoxy) is 2. The van der Waals surface area contributed by atoms with E-state index in [0.717, 1.165) is 4.90 Å². The summed E-state index contributed by atoms with van der Waals surface area (Å²) in [5.41, 5.74) is 7.30. The highest BCUT2D eigenvalue weighted by atomic mass is 32.2. The topological polar surface area (TPSA) is 172 Å². The van der Waals surface area contributed by atoms with Gasteiger partial charge in [0.15, 0.2) is 11.5 Å². The van der Waals surface area contributed by atoms with Crippen molar-refractivity contribution in [2.45, 2.75) is 18.6 Å². The molecule has 0 spiro atoms. The summed E-state index contributed by atoms with van der Waals surface area (Å²) < 4.78 is 43.4. The Bertz CT molecular complexity index is 1290. The Morgan fingerprint density at radius 1 is 1.09 bits per heavy atom. The van der Waals surface area contributed by atoms with E-state index in [1.807, 2.05) is 0 Å². The fourth-order valence-corrected chi connectivity index (χ4v) is 5.67. The molecule has 5 N–H and O–H groups in total. The Balaban J connectivity index is 1.46. The molecule has 2 saturated heterocycles. The van der Waals surface area contributed by atoms with Crippen molar-refractivity contribution >= 4 is 27.8 Å². The molecule has 2 fully saturated rings. The van der Waals surface area contributed by atoms with E-state index < -0.39 is 51.6 Å². The predicted molar refractivity (Wildman–Crippen MR) is 119 cm³/mol. The van der Waals surface area contributed by atoms with E-state index in [-0.39, 0.29) is 19.2 Å². The minimum absolute atomic E-state index is 0.00407. The number of benzene rings is 2. The summed E-state index contributed by atoms with van der Waals surface area (Å²) in [4.78, 5) is 27.9. The van der Waals surface area contributed by atoms with Crippen LogP contribution in [0.15, 0.2) is 42.5 Å². The molecule has 11 nitrogen and oxygen atoms in total. The molecule has 5 rings (SSSR count). The lowest BCUT2D eigenvalue weighted by Crippen LogP contribution is -2.42. The summed E-state index contributed by atoms with van der Waals surface area (Å²) in [6, 6.07) is 10.1. The molecule has 34 heavy (non-hydrogen) atoms. The highest BCUT2D eigenvalue weighted by molar-refractivity contribution is 7.85. The molecule has 3 aliphatic heterocycles. The van der Waals surface area contributed by atoms with Gasteiger partial charge in [-0.2, -0.15) is 8.42 Å². The van der Waals surface area contributed by atoms with Crippen LogP contribution < -0.4 is 20.5 Å². The second-order valence-corrected chi connectivity index (χ2v) is 10.0. The molecule has 2 aromatic carbocycles. The van der Waals surface area contributed by atoms with Crippen LogP contribution >= 0.6 is 0 Å². The molecule has 3 heterocycles. The van der Waals surface area contributed by atoms with Crippen LogP contribution in [0.2, 0.25) is 0 Å². The Morgan fingerprint density at radius 3 is 2.44 bits per heavy atom. The van der Waals surface area contributed by atoms with Crippen LogP contribution in [0.3, 0.4) is 0 Å². The van der Waals surface area contributed by atoms with E-state index in [2.05, 4.69) is 5.32 Å². The number of likely N-dealkylation sites (tertiary alicyclic amines) is 1. The molecule has 178 valence electrons. The number of nitrogens with one attached hydrogen (secondary N) is 2. The van der Waals surface area contributed by atoms with Crippen molar-refractivity contribution in [1.29, 1.82) is 5.41 Å². The van der Waals surface area contributed by atoms with Gasteiger partial charge in [-0.1, -0.05) is 30.3 Å². The maximum Gasteiger partial charge on any atom is 0.266 e. The number of fused-ring (bicyclic) bond motifs is 2. The second kappa shape index (κ2) is 8.08. The van der Waals surface area contributed by atoms with Gasteiger partial charge < -0.3 is 20.5 Å². The molecule has 0 aliphatic carbocycles. The predicted octanol–water partition coefficient (Wildman–Crippen LogP) is 0.401. The monoisotopic (exact) mass is 486 g/mol. The van der Waals surface area contributed by atoms with Gasteiger partial charge in [-0.3, -0.25) is 24.5 Å². The number of amides is 2. The first-order valence-corrected chi connectivity index (χ1v) is 12.1. The quantitative estimate of drug-likeness (QED) is 0.195. The number of carbonyl (C=O) groups is 2. The van der Waals surface area contributed by atoms with Crippen molar-refractivity contribution in [3.8, 4) is 11.5 Å². The molecule has 4 unspecified atom stereocenters. The number of nitrogens with two attached hydrogens (primary N) is 1.